The molecule has 0 radical (unpaired) electrons. The molecule has 0 aliphatic heterocycles. The number of rotatable bonds is 4. The fourth-order valence-electron chi connectivity index (χ4n) is 0.543. The second-order valence-corrected chi connectivity index (χ2v) is 2.00. The lowest BCUT2D eigenvalue weighted by atomic mass is 10.1. The van der Waals surface area contributed by atoms with Crippen LogP contribution in [0.5, 0.6) is 0 Å². The number of hydrogen-bond acceptors (Lipinski definition) is 1. The number of hydrogen-bond donors (Lipinski definition) is 1. The highest BCUT2D eigenvalue weighted by molar-refractivity contribution is 4.56. The van der Waals surface area contributed by atoms with Gasteiger partial charge in [0.05, 0.1) is 6.67 Å². The fourth-order valence-corrected chi connectivity index (χ4v) is 0.543. The van der Waals surface area contributed by atoms with Gasteiger partial charge in [-0.2, -0.15) is 0 Å². The molecule has 0 rings (SSSR count). The van der Waals surface area contributed by atoms with E-state index in [9.17, 15) is 4.39 Å². The van der Waals surface area contributed by atoms with Crippen molar-refractivity contribution in [2.24, 2.45) is 5.73 Å². The monoisotopic (exact) mass is 119 g/mol. The molecule has 0 heterocycles. The van der Waals surface area contributed by atoms with Crippen molar-refractivity contribution < 1.29 is 4.39 Å². The predicted octanol–water partition coefficient (Wildman–Crippen LogP) is 1.47. The van der Waals surface area contributed by atoms with Crippen LogP contribution in [-0.4, -0.2) is 12.7 Å². The van der Waals surface area contributed by atoms with E-state index in [-0.39, 0.29) is 12.7 Å². The van der Waals surface area contributed by atoms with Crippen LogP contribution in [0.25, 0.3) is 0 Å². The first kappa shape index (κ1) is 7.89. The topological polar surface area (TPSA) is 26.0 Å². The number of alkyl halides is 1. The van der Waals surface area contributed by atoms with Gasteiger partial charge in [0.2, 0.25) is 0 Å². The van der Waals surface area contributed by atoms with Crippen LogP contribution in [0, 0.1) is 0 Å². The minimum atomic E-state index is -0.228. The summed E-state index contributed by atoms with van der Waals surface area (Å²) in [5.74, 6) is 0. The van der Waals surface area contributed by atoms with E-state index >= 15 is 0 Å². The third-order valence-corrected chi connectivity index (χ3v) is 1.23. The molecule has 0 aromatic rings. The summed E-state index contributed by atoms with van der Waals surface area (Å²) >= 11 is 0. The van der Waals surface area contributed by atoms with Crippen molar-refractivity contribution in [2.75, 3.05) is 6.67 Å². The quantitative estimate of drug-likeness (QED) is 0.596. The zero-order chi connectivity index (χ0) is 6.41. The Bertz CT molecular complexity index is 47.8. The van der Waals surface area contributed by atoms with E-state index in [2.05, 4.69) is 0 Å². The minimum Gasteiger partial charge on any atom is -0.328 e. The normalized spacial score (nSPS) is 13.9. The highest BCUT2D eigenvalue weighted by atomic mass is 19.1. The van der Waals surface area contributed by atoms with E-state index in [4.69, 9.17) is 5.73 Å². The lowest BCUT2D eigenvalue weighted by Gasteiger charge is -2.04. The van der Waals surface area contributed by atoms with Gasteiger partial charge in [-0.15, -0.1) is 0 Å². The van der Waals surface area contributed by atoms with Crippen molar-refractivity contribution >= 4 is 0 Å². The highest BCUT2D eigenvalue weighted by Gasteiger charge is 1.95. The molecule has 1 atom stereocenters. The van der Waals surface area contributed by atoms with Crippen molar-refractivity contribution in [1.82, 2.24) is 0 Å². The van der Waals surface area contributed by atoms with Gasteiger partial charge in [0.25, 0.3) is 0 Å². The van der Waals surface area contributed by atoms with E-state index in [0.29, 0.717) is 6.42 Å². The number of nitrogens with two attached hydrogens (primary N) is 1. The van der Waals surface area contributed by atoms with Gasteiger partial charge in [0, 0.05) is 6.04 Å². The van der Waals surface area contributed by atoms with E-state index in [0.717, 1.165) is 12.8 Å². The molecule has 0 aliphatic carbocycles. The van der Waals surface area contributed by atoms with Crippen LogP contribution in [0.3, 0.4) is 0 Å². The van der Waals surface area contributed by atoms with Crippen molar-refractivity contribution in [1.29, 1.82) is 0 Å². The first-order valence-electron chi connectivity index (χ1n) is 3.12. The molecule has 1 unspecified atom stereocenters. The average molecular weight is 119 g/mol. The zero-order valence-electron chi connectivity index (χ0n) is 5.36. The Morgan fingerprint density at radius 1 is 1.62 bits per heavy atom. The molecule has 1 nitrogen and oxygen atoms in total. The Labute approximate surface area is 50.1 Å². The summed E-state index contributed by atoms with van der Waals surface area (Å²) in [6, 6.07) is 0.214. The van der Waals surface area contributed by atoms with Crippen molar-refractivity contribution in [3.8, 4) is 0 Å². The first-order chi connectivity index (χ1) is 3.81. The van der Waals surface area contributed by atoms with Crippen LogP contribution in [-0.2, 0) is 0 Å². The molecule has 0 bridgehead atoms. The van der Waals surface area contributed by atoms with Gasteiger partial charge in [0.1, 0.15) is 0 Å². The second-order valence-electron chi connectivity index (χ2n) is 2.00. The van der Waals surface area contributed by atoms with Crippen LogP contribution < -0.4 is 5.73 Å². The summed E-state index contributed by atoms with van der Waals surface area (Å²) in [5.41, 5.74) is 5.49. The SMILES string of the molecule is CCC(N)CCCF. The Kier molecular flexibility index (Phi) is 4.97. The van der Waals surface area contributed by atoms with E-state index in [1.165, 1.54) is 0 Å². The Balaban J connectivity index is 2.86. The number of halogens is 1. The molecule has 0 fully saturated rings. The molecule has 0 spiro atoms. The average Bonchev–Trinajstić information content (AvgIpc) is 1.83. The second kappa shape index (κ2) is 5.04. The molecular weight excluding hydrogens is 105 g/mol. The molecule has 50 valence electrons. The van der Waals surface area contributed by atoms with Crippen LogP contribution in [0.15, 0.2) is 0 Å². The maximum atomic E-state index is 11.4. The van der Waals surface area contributed by atoms with Crippen LogP contribution >= 0.6 is 0 Å². The standard InChI is InChI=1S/C6H14FN/c1-2-6(8)4-3-5-7/h6H,2-5,8H2,1H3. The Morgan fingerprint density at radius 3 is 2.62 bits per heavy atom. The summed E-state index contributed by atoms with van der Waals surface area (Å²) in [5, 5.41) is 0. The smallest absolute Gasteiger partial charge is 0.0895 e. The van der Waals surface area contributed by atoms with Gasteiger partial charge in [-0.3, -0.25) is 4.39 Å². The van der Waals surface area contributed by atoms with Gasteiger partial charge in [-0.1, -0.05) is 6.92 Å². The van der Waals surface area contributed by atoms with E-state index in [1.807, 2.05) is 6.92 Å². The van der Waals surface area contributed by atoms with Crippen LogP contribution in [0.4, 0.5) is 4.39 Å². The Hall–Kier alpha value is -0.110. The predicted molar refractivity (Wildman–Crippen MR) is 33.5 cm³/mol. The van der Waals surface area contributed by atoms with Gasteiger partial charge in [0.15, 0.2) is 0 Å². The van der Waals surface area contributed by atoms with Crippen LogP contribution in [0.2, 0.25) is 0 Å². The van der Waals surface area contributed by atoms with Crippen LogP contribution in [0.1, 0.15) is 26.2 Å². The van der Waals surface area contributed by atoms with Gasteiger partial charge in [-0.25, -0.2) is 0 Å². The van der Waals surface area contributed by atoms with E-state index in [1.54, 1.807) is 0 Å². The minimum absolute atomic E-state index is 0.214. The molecule has 0 saturated carbocycles. The third-order valence-electron chi connectivity index (χ3n) is 1.23. The summed E-state index contributed by atoms with van der Waals surface area (Å²) < 4.78 is 11.4. The molecule has 0 aromatic heterocycles. The molecule has 2 heteroatoms. The molecule has 2 N–H and O–H groups in total. The van der Waals surface area contributed by atoms with E-state index < -0.39 is 0 Å². The van der Waals surface area contributed by atoms with Gasteiger partial charge in [-0.05, 0) is 19.3 Å². The van der Waals surface area contributed by atoms with Crippen molar-refractivity contribution in [3.63, 3.8) is 0 Å². The molecule has 0 aromatic carbocycles. The molecule has 0 amide bonds. The van der Waals surface area contributed by atoms with Crippen molar-refractivity contribution in [3.05, 3.63) is 0 Å². The summed E-state index contributed by atoms with van der Waals surface area (Å²) in [4.78, 5) is 0. The first-order valence-corrected chi connectivity index (χ1v) is 3.12. The molecule has 0 saturated heterocycles. The summed E-state index contributed by atoms with van der Waals surface area (Å²) in [7, 11) is 0. The molecular formula is C6H14FN. The maximum absolute atomic E-state index is 11.4. The summed E-state index contributed by atoms with van der Waals surface area (Å²) in [6.07, 6.45) is 2.40. The molecule has 0 aliphatic rings. The molecule has 8 heavy (non-hydrogen) atoms. The zero-order valence-corrected chi connectivity index (χ0v) is 5.36. The fraction of sp³-hybridized carbons (Fsp3) is 1.00. The van der Waals surface area contributed by atoms with Gasteiger partial charge < -0.3 is 5.73 Å². The maximum Gasteiger partial charge on any atom is 0.0895 e. The third kappa shape index (κ3) is 4.06. The summed E-state index contributed by atoms with van der Waals surface area (Å²) in [6.45, 7) is 1.79. The highest BCUT2D eigenvalue weighted by Crippen LogP contribution is 1.97. The largest absolute Gasteiger partial charge is 0.328 e. The van der Waals surface area contributed by atoms with Crippen molar-refractivity contribution in [2.45, 2.75) is 32.2 Å². The lowest BCUT2D eigenvalue weighted by Crippen LogP contribution is -2.18. The lowest BCUT2D eigenvalue weighted by molar-refractivity contribution is 0.437. The Morgan fingerprint density at radius 2 is 2.25 bits per heavy atom. The van der Waals surface area contributed by atoms with Gasteiger partial charge >= 0.3 is 0 Å².